The van der Waals surface area contributed by atoms with E-state index in [1.54, 1.807) is 12.3 Å². The third kappa shape index (κ3) is 6.03. The van der Waals surface area contributed by atoms with Crippen molar-refractivity contribution < 1.29 is 19.1 Å². The van der Waals surface area contributed by atoms with Crippen LogP contribution in [0, 0.1) is 5.82 Å². The molecule has 0 bridgehead atoms. The molecule has 8 rings (SSSR count). The Morgan fingerprint density at radius 3 is 2.49 bits per heavy atom. The van der Waals surface area contributed by atoms with Gasteiger partial charge in [-0.25, -0.2) is 4.39 Å². The molecule has 254 valence electrons. The van der Waals surface area contributed by atoms with Gasteiger partial charge in [0.15, 0.2) is 5.82 Å². The molecule has 2 amide bonds. The Hall–Kier alpha value is -4.84. The van der Waals surface area contributed by atoms with Crippen molar-refractivity contribution >= 4 is 23.3 Å². The highest BCUT2D eigenvalue weighted by Gasteiger charge is 2.37. The molecule has 12 heteroatoms. The Labute approximate surface area is 284 Å². The minimum absolute atomic E-state index is 0.0793. The van der Waals surface area contributed by atoms with Gasteiger partial charge in [-0.1, -0.05) is 12.1 Å². The average Bonchev–Trinajstić information content (AvgIpc) is 3.78. The zero-order valence-electron chi connectivity index (χ0n) is 27.4. The smallest absolute Gasteiger partial charge is 0.249 e. The van der Waals surface area contributed by atoms with Gasteiger partial charge in [-0.05, 0) is 98.7 Å². The highest BCUT2D eigenvalue weighted by molar-refractivity contribution is 6.02. The van der Waals surface area contributed by atoms with Gasteiger partial charge in [0.1, 0.15) is 17.6 Å². The fourth-order valence-electron chi connectivity index (χ4n) is 8.59. The van der Waals surface area contributed by atoms with Gasteiger partial charge in [0, 0.05) is 60.7 Å². The fraction of sp³-hybridized carbons (Fsp3) is 0.432. The Kier molecular flexibility index (Phi) is 8.26. The molecule has 0 radical (unpaired) electrons. The average molecular weight is 665 g/mol. The van der Waals surface area contributed by atoms with Gasteiger partial charge in [-0.15, -0.1) is 10.2 Å². The van der Waals surface area contributed by atoms with E-state index in [9.17, 15) is 19.1 Å². The van der Waals surface area contributed by atoms with Gasteiger partial charge in [-0.2, -0.15) is 5.10 Å². The Balaban J connectivity index is 0.879. The molecule has 5 heterocycles. The number of likely N-dealkylation sites (tertiary alicyclic amines) is 1. The van der Waals surface area contributed by atoms with Crippen molar-refractivity contribution in [3.05, 3.63) is 71.8 Å². The van der Waals surface area contributed by atoms with Crippen LogP contribution in [0.25, 0.3) is 22.4 Å². The second-order valence-corrected chi connectivity index (χ2v) is 13.9. The molecule has 2 aromatic heterocycles. The first kappa shape index (κ1) is 31.4. The summed E-state index contributed by atoms with van der Waals surface area (Å²) in [5.74, 6) is -0.105. The number of fused-ring (bicyclic) bond motifs is 1. The molecule has 0 unspecified atom stereocenters. The van der Waals surface area contributed by atoms with E-state index in [-0.39, 0.29) is 41.0 Å². The number of amides is 2. The molecule has 11 nitrogen and oxygen atoms in total. The number of hydrogen-bond acceptors (Lipinski definition) is 9. The molecule has 1 aliphatic carbocycles. The largest absolute Gasteiger partial charge is 0.507 e. The number of carbonyl (C=O) groups is 2. The van der Waals surface area contributed by atoms with Crippen LogP contribution in [-0.2, 0) is 16.0 Å². The molecule has 2 saturated heterocycles. The van der Waals surface area contributed by atoms with Crippen LogP contribution < -0.4 is 16.0 Å². The van der Waals surface area contributed by atoms with Crippen LogP contribution >= 0.6 is 0 Å². The summed E-state index contributed by atoms with van der Waals surface area (Å²) in [6.45, 7) is 2.88. The first-order valence-corrected chi connectivity index (χ1v) is 17.4. The lowest BCUT2D eigenvalue weighted by molar-refractivity contribution is -0.134. The van der Waals surface area contributed by atoms with Gasteiger partial charge in [0.2, 0.25) is 11.8 Å². The number of rotatable bonds is 6. The lowest BCUT2D eigenvalue weighted by atomic mass is 9.79. The van der Waals surface area contributed by atoms with Crippen molar-refractivity contribution in [3.8, 4) is 28.1 Å². The number of anilines is 2. The van der Waals surface area contributed by atoms with Crippen molar-refractivity contribution in [1.29, 1.82) is 0 Å². The highest BCUT2D eigenvalue weighted by Crippen LogP contribution is 2.43. The van der Waals surface area contributed by atoms with Crippen molar-refractivity contribution in [2.24, 2.45) is 0 Å². The van der Waals surface area contributed by atoms with E-state index in [0.717, 1.165) is 44.5 Å². The van der Waals surface area contributed by atoms with Crippen LogP contribution in [0.4, 0.5) is 15.9 Å². The summed E-state index contributed by atoms with van der Waals surface area (Å²) in [5.41, 5.74) is 12.2. The maximum atomic E-state index is 13.9. The zero-order chi connectivity index (χ0) is 33.6. The highest BCUT2D eigenvalue weighted by atomic mass is 19.1. The molecule has 1 atom stereocenters. The minimum Gasteiger partial charge on any atom is -0.507 e. The number of carbonyl (C=O) groups excluding carboxylic acids is 2. The van der Waals surface area contributed by atoms with Gasteiger partial charge >= 0.3 is 0 Å². The molecular weight excluding hydrogens is 623 g/mol. The molecular formula is C37H41FN8O3. The second-order valence-electron chi connectivity index (χ2n) is 13.9. The van der Waals surface area contributed by atoms with Crippen molar-refractivity contribution in [3.63, 3.8) is 0 Å². The Bertz CT molecular complexity index is 1900. The predicted octanol–water partition coefficient (Wildman–Crippen LogP) is 4.97. The molecule has 1 saturated carbocycles. The summed E-state index contributed by atoms with van der Waals surface area (Å²) in [7, 11) is 0. The number of halogens is 1. The van der Waals surface area contributed by atoms with E-state index >= 15 is 0 Å². The molecule has 0 spiro atoms. The van der Waals surface area contributed by atoms with E-state index in [2.05, 4.69) is 48.6 Å². The summed E-state index contributed by atoms with van der Waals surface area (Å²) in [6, 6.07) is 12.6. The number of nitrogen functional groups attached to an aromatic ring is 1. The minimum atomic E-state index is -0.473. The van der Waals surface area contributed by atoms with E-state index < -0.39 is 5.82 Å². The zero-order valence-corrected chi connectivity index (χ0v) is 27.4. The third-order valence-corrected chi connectivity index (χ3v) is 11.2. The number of phenolic OH excluding ortho intramolecular Hbond substituents is 1. The van der Waals surface area contributed by atoms with E-state index in [4.69, 9.17) is 5.73 Å². The molecule has 4 aromatic rings. The van der Waals surface area contributed by atoms with E-state index in [1.807, 2.05) is 10.9 Å². The van der Waals surface area contributed by atoms with Gasteiger partial charge in [0.25, 0.3) is 0 Å². The number of imide groups is 1. The van der Waals surface area contributed by atoms with Crippen molar-refractivity contribution in [2.45, 2.75) is 81.8 Å². The Morgan fingerprint density at radius 2 is 1.69 bits per heavy atom. The van der Waals surface area contributed by atoms with Crippen LogP contribution in [0.3, 0.4) is 0 Å². The number of piperidine rings is 2. The number of phenols is 1. The van der Waals surface area contributed by atoms with Crippen LogP contribution in [-0.4, -0.2) is 73.5 Å². The van der Waals surface area contributed by atoms with Gasteiger partial charge < -0.3 is 20.6 Å². The SMILES string of the molecule is Nc1nnc(-c2cc(F)ccc2O)cc1-c1cnn(C2CCN([C@H]3CC[C@@H](c4cccc5c4CCN5[C@@H]4CCC(=O)NC4=O)CC3)CC2)c1. The third-order valence-electron chi connectivity index (χ3n) is 11.2. The number of hydrogen-bond donors (Lipinski definition) is 3. The summed E-state index contributed by atoms with van der Waals surface area (Å²) >= 11 is 0. The summed E-state index contributed by atoms with van der Waals surface area (Å²) < 4.78 is 15.9. The number of aromatic nitrogens is 4. The maximum absolute atomic E-state index is 13.9. The number of nitrogens with zero attached hydrogens (tertiary/aromatic N) is 6. The van der Waals surface area contributed by atoms with Crippen LogP contribution in [0.15, 0.2) is 54.9 Å². The van der Waals surface area contributed by atoms with E-state index in [1.165, 1.54) is 60.7 Å². The first-order valence-electron chi connectivity index (χ1n) is 17.4. The quantitative estimate of drug-likeness (QED) is 0.244. The molecule has 4 N–H and O–H groups in total. The first-order chi connectivity index (χ1) is 23.8. The lowest BCUT2D eigenvalue weighted by Gasteiger charge is -2.41. The van der Waals surface area contributed by atoms with Crippen molar-refractivity contribution in [1.82, 2.24) is 30.2 Å². The monoisotopic (exact) mass is 664 g/mol. The topological polar surface area (TPSA) is 142 Å². The van der Waals surface area contributed by atoms with Gasteiger partial charge in [-0.3, -0.25) is 19.6 Å². The lowest BCUT2D eigenvalue weighted by Crippen LogP contribution is -2.52. The van der Waals surface area contributed by atoms with Gasteiger partial charge in [0.05, 0.1) is 17.9 Å². The summed E-state index contributed by atoms with van der Waals surface area (Å²) in [6.07, 6.45) is 12.4. The summed E-state index contributed by atoms with van der Waals surface area (Å²) in [4.78, 5) is 29.2. The standard InChI is InChI=1S/C37H41FN8O3/c38-24-6-10-34(47)30(18-24)31-19-29(36(39)43-42-31)23-20-40-46(21-23)26-12-15-44(16-13-26)25-7-4-22(5-8-25)27-2-1-3-32-28(27)14-17-45(32)33-9-11-35(48)41-37(33)49/h1-3,6,10,18-22,25-26,33,47H,4-5,7-9,11-17H2,(H2,39,43)(H,41,48,49)/t22-,25+,33-/m1/s1. The normalized spacial score (nSPS) is 23.4. The number of aromatic hydroxyl groups is 1. The van der Waals surface area contributed by atoms with Crippen LogP contribution in [0.5, 0.6) is 5.75 Å². The number of nitrogens with two attached hydrogens (primary N) is 1. The molecule has 49 heavy (non-hydrogen) atoms. The maximum Gasteiger partial charge on any atom is 0.249 e. The van der Waals surface area contributed by atoms with Crippen molar-refractivity contribution in [2.75, 3.05) is 30.3 Å². The summed E-state index contributed by atoms with van der Waals surface area (Å²) in [5, 5.41) is 25.6. The van der Waals surface area contributed by atoms with Crippen LogP contribution in [0.2, 0.25) is 0 Å². The molecule has 3 aliphatic heterocycles. The molecule has 4 aliphatic rings. The Morgan fingerprint density at radius 1 is 0.878 bits per heavy atom. The molecule has 2 aromatic carbocycles. The second kappa shape index (κ2) is 12.9. The fourth-order valence-corrected chi connectivity index (χ4v) is 8.59. The molecule has 3 fully saturated rings. The van der Waals surface area contributed by atoms with Crippen LogP contribution in [0.1, 0.15) is 74.5 Å². The number of benzene rings is 2. The van der Waals surface area contributed by atoms with E-state index in [0.29, 0.717) is 36.1 Å². The number of nitrogens with one attached hydrogen (secondary N) is 1. The predicted molar refractivity (Wildman–Crippen MR) is 183 cm³/mol.